The van der Waals surface area contributed by atoms with Gasteiger partial charge in [-0.3, -0.25) is 4.79 Å². The standard InChI is InChI=1S/C29H34ClF3N4O5/c1-5-37-15-22(36-27(37)16(2)35-28(40)41-4)19-8-6-18(7-9-19)14-20(12-13-38)24-21(26(34)39)10-11-23(25(24)30)42-17(3)29(31,32)33/h6-11,15-17,20,38H,5,12-14H2,1-4H3,(H2,34,39)(H,35,40). The smallest absolute Gasteiger partial charge is 0.425 e. The molecule has 0 spiro atoms. The van der Waals surface area contributed by atoms with Crippen molar-refractivity contribution in [3.63, 3.8) is 0 Å². The van der Waals surface area contributed by atoms with Gasteiger partial charge in [-0.05, 0) is 62.8 Å². The number of aliphatic hydroxyl groups excluding tert-OH is 1. The molecule has 2 amide bonds. The van der Waals surface area contributed by atoms with Crippen LogP contribution in [0.1, 0.15) is 66.5 Å². The van der Waals surface area contributed by atoms with Gasteiger partial charge in [0, 0.05) is 30.5 Å². The second-order valence-corrected chi connectivity index (χ2v) is 10.1. The number of hydrogen-bond donors (Lipinski definition) is 3. The van der Waals surface area contributed by atoms with Crippen LogP contribution in [-0.2, 0) is 17.7 Å². The summed E-state index contributed by atoms with van der Waals surface area (Å²) in [4.78, 5) is 28.6. The summed E-state index contributed by atoms with van der Waals surface area (Å²) >= 11 is 6.52. The van der Waals surface area contributed by atoms with Gasteiger partial charge in [-0.1, -0.05) is 35.9 Å². The number of nitrogens with two attached hydrogens (primary N) is 1. The number of nitrogens with zero attached hydrogens (tertiary/aromatic N) is 2. The summed E-state index contributed by atoms with van der Waals surface area (Å²) in [5, 5.41) is 12.3. The van der Waals surface area contributed by atoms with E-state index in [1.807, 2.05) is 42.0 Å². The molecule has 3 aromatic rings. The zero-order valence-corrected chi connectivity index (χ0v) is 24.4. The monoisotopic (exact) mass is 610 g/mol. The van der Waals surface area contributed by atoms with E-state index in [4.69, 9.17) is 27.1 Å². The predicted molar refractivity (Wildman–Crippen MR) is 152 cm³/mol. The minimum atomic E-state index is -4.62. The Balaban J connectivity index is 1.92. The maximum absolute atomic E-state index is 13.1. The van der Waals surface area contributed by atoms with Crippen LogP contribution in [0.5, 0.6) is 5.75 Å². The SMILES string of the molecule is CCn1cc(-c2ccc(CC(CCO)c3c(C(N)=O)ccc(OC(C)C(F)(F)F)c3Cl)cc2)nc1C(C)NC(=O)OC. The molecule has 3 rings (SSSR count). The lowest BCUT2D eigenvalue weighted by molar-refractivity contribution is -0.189. The summed E-state index contributed by atoms with van der Waals surface area (Å²) in [7, 11) is 1.29. The number of alkyl carbamates (subject to hydrolysis) is 1. The van der Waals surface area contributed by atoms with E-state index < -0.39 is 36.2 Å². The number of aromatic nitrogens is 2. The molecule has 9 nitrogen and oxygen atoms in total. The van der Waals surface area contributed by atoms with Gasteiger partial charge in [0.25, 0.3) is 0 Å². The highest BCUT2D eigenvalue weighted by Gasteiger charge is 2.39. The number of nitrogens with one attached hydrogen (secondary N) is 1. The molecular weight excluding hydrogens is 577 g/mol. The van der Waals surface area contributed by atoms with Crippen LogP contribution in [-0.4, -0.2) is 52.7 Å². The zero-order valence-electron chi connectivity index (χ0n) is 23.7. The first kappa shape index (κ1) is 32.7. The van der Waals surface area contributed by atoms with Crippen molar-refractivity contribution in [2.24, 2.45) is 5.73 Å². The van der Waals surface area contributed by atoms with Crippen LogP contribution in [0.2, 0.25) is 5.02 Å². The number of ether oxygens (including phenoxy) is 2. The molecular formula is C29H34ClF3N4O5. The average molecular weight is 611 g/mol. The van der Waals surface area contributed by atoms with E-state index in [9.17, 15) is 27.9 Å². The normalized spacial score (nSPS) is 13.7. The molecule has 4 N–H and O–H groups in total. The lowest BCUT2D eigenvalue weighted by atomic mass is 9.86. The van der Waals surface area contributed by atoms with Crippen LogP contribution in [0.4, 0.5) is 18.0 Å². The summed E-state index contributed by atoms with van der Waals surface area (Å²) < 4.78 is 51.1. The van der Waals surface area contributed by atoms with E-state index >= 15 is 0 Å². The van der Waals surface area contributed by atoms with Crippen LogP contribution in [0.25, 0.3) is 11.3 Å². The molecule has 42 heavy (non-hydrogen) atoms. The first-order chi connectivity index (χ1) is 19.8. The molecule has 0 aliphatic rings. The number of carbonyl (C=O) groups excluding carboxylic acids is 2. The van der Waals surface area contributed by atoms with Crippen molar-refractivity contribution in [1.82, 2.24) is 14.9 Å². The minimum absolute atomic E-state index is 0.0365. The van der Waals surface area contributed by atoms with Gasteiger partial charge in [0.2, 0.25) is 5.91 Å². The maximum atomic E-state index is 13.1. The van der Waals surface area contributed by atoms with Gasteiger partial charge in [0.1, 0.15) is 11.6 Å². The van der Waals surface area contributed by atoms with Crippen LogP contribution in [0.15, 0.2) is 42.6 Å². The summed E-state index contributed by atoms with van der Waals surface area (Å²) in [6.07, 6.45) is -4.99. The topological polar surface area (TPSA) is 129 Å². The van der Waals surface area contributed by atoms with Gasteiger partial charge in [-0.15, -0.1) is 0 Å². The Bertz CT molecular complexity index is 1400. The summed E-state index contributed by atoms with van der Waals surface area (Å²) in [5.74, 6) is -0.950. The van der Waals surface area contributed by atoms with Crippen molar-refractivity contribution >= 4 is 23.6 Å². The largest absolute Gasteiger partial charge is 0.480 e. The number of imidazole rings is 1. The predicted octanol–water partition coefficient (Wildman–Crippen LogP) is 5.78. The van der Waals surface area contributed by atoms with Gasteiger partial charge in [-0.25, -0.2) is 9.78 Å². The molecule has 228 valence electrons. The van der Waals surface area contributed by atoms with Gasteiger partial charge >= 0.3 is 12.3 Å². The number of hydrogen-bond acceptors (Lipinski definition) is 6. The fourth-order valence-electron chi connectivity index (χ4n) is 4.60. The number of halogens is 4. The summed E-state index contributed by atoms with van der Waals surface area (Å²) in [5.41, 5.74) is 8.14. The van der Waals surface area contributed by atoms with E-state index in [-0.39, 0.29) is 34.9 Å². The molecule has 0 saturated heterocycles. The van der Waals surface area contributed by atoms with E-state index in [1.165, 1.54) is 19.2 Å². The minimum Gasteiger partial charge on any atom is -0.480 e. The first-order valence-electron chi connectivity index (χ1n) is 13.3. The molecule has 0 aliphatic heterocycles. The third-order valence-corrected chi connectivity index (χ3v) is 7.24. The molecule has 0 aliphatic carbocycles. The molecule has 2 aromatic carbocycles. The Morgan fingerprint density at radius 2 is 1.83 bits per heavy atom. The highest BCUT2D eigenvalue weighted by atomic mass is 35.5. The number of benzene rings is 2. The quantitative estimate of drug-likeness (QED) is 0.239. The van der Waals surface area contributed by atoms with Crippen LogP contribution >= 0.6 is 11.6 Å². The van der Waals surface area contributed by atoms with Crippen LogP contribution in [0.3, 0.4) is 0 Å². The van der Waals surface area contributed by atoms with Crippen molar-refractivity contribution in [3.8, 4) is 17.0 Å². The number of primary amides is 1. The second kappa shape index (κ2) is 13.9. The highest BCUT2D eigenvalue weighted by molar-refractivity contribution is 6.33. The van der Waals surface area contributed by atoms with Gasteiger partial charge in [0.15, 0.2) is 6.10 Å². The number of amides is 2. The summed E-state index contributed by atoms with van der Waals surface area (Å²) in [6, 6.07) is 9.49. The molecule has 0 saturated carbocycles. The number of aliphatic hydroxyl groups is 1. The number of aryl methyl sites for hydroxylation is 1. The molecule has 3 unspecified atom stereocenters. The van der Waals surface area contributed by atoms with Crippen molar-refractivity contribution in [3.05, 3.63) is 70.1 Å². The Labute approximate surface area is 246 Å². The molecule has 0 radical (unpaired) electrons. The summed E-state index contributed by atoms with van der Waals surface area (Å²) in [6.45, 7) is 4.97. The Hall–Kier alpha value is -3.77. The van der Waals surface area contributed by atoms with E-state index in [0.717, 1.165) is 18.1 Å². The van der Waals surface area contributed by atoms with E-state index in [1.54, 1.807) is 6.92 Å². The van der Waals surface area contributed by atoms with Crippen molar-refractivity contribution in [2.75, 3.05) is 13.7 Å². The zero-order chi connectivity index (χ0) is 31.2. The molecule has 0 fully saturated rings. The van der Waals surface area contributed by atoms with Crippen LogP contribution in [0, 0.1) is 0 Å². The number of rotatable bonds is 12. The fraction of sp³-hybridized carbons (Fsp3) is 0.414. The molecule has 3 atom stereocenters. The first-order valence-corrected chi connectivity index (χ1v) is 13.7. The highest BCUT2D eigenvalue weighted by Crippen LogP contribution is 2.40. The average Bonchev–Trinajstić information content (AvgIpc) is 3.38. The maximum Gasteiger partial charge on any atom is 0.425 e. The molecule has 1 heterocycles. The Morgan fingerprint density at radius 3 is 2.38 bits per heavy atom. The Kier molecular flexibility index (Phi) is 10.9. The molecule has 1 aromatic heterocycles. The number of methoxy groups -OCH3 is 1. The third-order valence-electron chi connectivity index (χ3n) is 6.85. The molecule has 0 bridgehead atoms. The van der Waals surface area contributed by atoms with Gasteiger partial charge in [-0.2, -0.15) is 13.2 Å². The number of carbonyl (C=O) groups is 2. The van der Waals surface area contributed by atoms with Gasteiger partial charge < -0.3 is 30.2 Å². The fourth-order valence-corrected chi connectivity index (χ4v) is 4.97. The lowest BCUT2D eigenvalue weighted by Crippen LogP contribution is -2.31. The van der Waals surface area contributed by atoms with Gasteiger partial charge in [0.05, 0.1) is 23.9 Å². The van der Waals surface area contributed by atoms with Crippen molar-refractivity contribution in [2.45, 2.75) is 64.4 Å². The number of alkyl halides is 3. The lowest BCUT2D eigenvalue weighted by Gasteiger charge is -2.24. The Morgan fingerprint density at radius 1 is 1.17 bits per heavy atom. The molecule has 13 heteroatoms. The van der Waals surface area contributed by atoms with E-state index in [0.29, 0.717) is 24.5 Å². The van der Waals surface area contributed by atoms with Crippen molar-refractivity contribution < 1.29 is 37.3 Å². The van der Waals surface area contributed by atoms with Crippen molar-refractivity contribution in [1.29, 1.82) is 0 Å². The second-order valence-electron chi connectivity index (χ2n) is 9.74. The van der Waals surface area contributed by atoms with Crippen LogP contribution < -0.4 is 15.8 Å². The third kappa shape index (κ3) is 7.74. The van der Waals surface area contributed by atoms with E-state index in [2.05, 4.69) is 10.1 Å².